The zero-order valence-electron chi connectivity index (χ0n) is 14.4. The molecule has 0 aliphatic heterocycles. The molecule has 0 radical (unpaired) electrons. The number of furan rings is 1. The molecule has 0 aliphatic rings. The molecule has 0 saturated carbocycles. The Labute approximate surface area is 147 Å². The minimum absolute atomic E-state index is 0.266. The van der Waals surface area contributed by atoms with E-state index in [0.717, 1.165) is 16.7 Å². The van der Waals surface area contributed by atoms with Crippen LogP contribution >= 0.6 is 0 Å². The Morgan fingerprint density at radius 2 is 2.16 bits per heavy atom. The molecule has 2 aromatic rings. The van der Waals surface area contributed by atoms with Gasteiger partial charge < -0.3 is 19.2 Å². The summed E-state index contributed by atoms with van der Waals surface area (Å²) >= 11 is 0. The molecule has 25 heavy (non-hydrogen) atoms. The topological polar surface area (TPSA) is 60.7 Å². The Hall–Kier alpha value is -2.79. The molecule has 1 amide bonds. The van der Waals surface area contributed by atoms with Gasteiger partial charge in [-0.2, -0.15) is 0 Å². The van der Waals surface area contributed by atoms with Crippen molar-refractivity contribution in [1.29, 1.82) is 0 Å². The Morgan fingerprint density at radius 1 is 1.32 bits per heavy atom. The van der Waals surface area contributed by atoms with Gasteiger partial charge >= 0.3 is 0 Å². The fraction of sp³-hybridized carbons (Fsp3) is 0.250. The maximum Gasteiger partial charge on any atom is 0.287 e. The Kier molecular flexibility index (Phi) is 7.04. The van der Waals surface area contributed by atoms with Gasteiger partial charge in [-0.15, -0.1) is 0 Å². The molecule has 1 heterocycles. The van der Waals surface area contributed by atoms with Crippen LogP contribution in [0, 0.1) is 0 Å². The summed E-state index contributed by atoms with van der Waals surface area (Å²) in [4.78, 5) is 12.1. The summed E-state index contributed by atoms with van der Waals surface area (Å²) in [5.74, 6) is 0.743. The molecule has 1 N–H and O–H groups in total. The van der Waals surface area contributed by atoms with Gasteiger partial charge in [-0.1, -0.05) is 31.4 Å². The second kappa shape index (κ2) is 9.49. The first-order valence-electron chi connectivity index (χ1n) is 8.14. The maximum absolute atomic E-state index is 12.1. The SMILES string of the molecule is C=C/C=C(\C=C)COCCNC(=O)c1cc2cc(OCC)ccc2o1. The molecule has 0 aliphatic carbocycles. The summed E-state index contributed by atoms with van der Waals surface area (Å²) < 4.78 is 16.5. The van der Waals surface area contributed by atoms with E-state index in [-0.39, 0.29) is 11.7 Å². The van der Waals surface area contributed by atoms with Crippen LogP contribution in [0.1, 0.15) is 17.5 Å². The zero-order valence-corrected chi connectivity index (χ0v) is 14.4. The molecule has 5 heteroatoms. The fourth-order valence-electron chi connectivity index (χ4n) is 2.23. The molecule has 0 atom stereocenters. The van der Waals surface area contributed by atoms with Gasteiger partial charge in [0, 0.05) is 11.9 Å². The molecule has 5 nitrogen and oxygen atoms in total. The molecular weight excluding hydrogens is 318 g/mol. The number of ether oxygens (including phenoxy) is 2. The van der Waals surface area contributed by atoms with Crippen LogP contribution in [-0.2, 0) is 4.74 Å². The minimum Gasteiger partial charge on any atom is -0.494 e. The molecule has 0 saturated heterocycles. The van der Waals surface area contributed by atoms with Crippen LogP contribution in [0.25, 0.3) is 11.0 Å². The lowest BCUT2D eigenvalue weighted by atomic mass is 10.2. The van der Waals surface area contributed by atoms with E-state index in [1.54, 1.807) is 24.3 Å². The highest BCUT2D eigenvalue weighted by molar-refractivity contribution is 5.96. The van der Waals surface area contributed by atoms with Crippen molar-refractivity contribution in [3.8, 4) is 5.75 Å². The molecule has 0 fully saturated rings. The van der Waals surface area contributed by atoms with Gasteiger partial charge in [0.2, 0.25) is 0 Å². The molecule has 0 spiro atoms. The van der Waals surface area contributed by atoms with Gasteiger partial charge in [0.15, 0.2) is 5.76 Å². The van der Waals surface area contributed by atoms with E-state index in [1.165, 1.54) is 0 Å². The van der Waals surface area contributed by atoms with Crippen molar-refractivity contribution >= 4 is 16.9 Å². The van der Waals surface area contributed by atoms with E-state index >= 15 is 0 Å². The van der Waals surface area contributed by atoms with Gasteiger partial charge in [-0.3, -0.25) is 4.79 Å². The van der Waals surface area contributed by atoms with E-state index in [1.807, 2.05) is 25.1 Å². The number of fused-ring (bicyclic) bond motifs is 1. The highest BCUT2D eigenvalue weighted by Gasteiger charge is 2.12. The van der Waals surface area contributed by atoms with Crippen molar-refractivity contribution in [2.24, 2.45) is 0 Å². The van der Waals surface area contributed by atoms with Gasteiger partial charge in [0.25, 0.3) is 5.91 Å². The van der Waals surface area contributed by atoms with E-state index in [0.29, 0.717) is 31.9 Å². The number of benzene rings is 1. The van der Waals surface area contributed by atoms with Crippen molar-refractivity contribution in [1.82, 2.24) is 5.32 Å². The smallest absolute Gasteiger partial charge is 0.287 e. The average Bonchev–Trinajstić information content (AvgIpc) is 3.04. The van der Waals surface area contributed by atoms with E-state index in [2.05, 4.69) is 18.5 Å². The van der Waals surface area contributed by atoms with Gasteiger partial charge in [0.1, 0.15) is 11.3 Å². The fourth-order valence-corrected chi connectivity index (χ4v) is 2.23. The highest BCUT2D eigenvalue weighted by atomic mass is 16.5. The lowest BCUT2D eigenvalue weighted by molar-refractivity contribution is 0.0902. The Morgan fingerprint density at radius 3 is 2.88 bits per heavy atom. The third-order valence-electron chi connectivity index (χ3n) is 3.42. The van der Waals surface area contributed by atoms with Crippen molar-refractivity contribution in [2.45, 2.75) is 6.92 Å². The maximum atomic E-state index is 12.1. The molecule has 1 aromatic carbocycles. The summed E-state index contributed by atoms with van der Waals surface area (Å²) in [6, 6.07) is 7.17. The quantitative estimate of drug-likeness (QED) is 0.526. The first-order chi connectivity index (χ1) is 12.2. The highest BCUT2D eigenvalue weighted by Crippen LogP contribution is 2.24. The summed E-state index contributed by atoms with van der Waals surface area (Å²) in [5, 5.41) is 3.60. The van der Waals surface area contributed by atoms with E-state index in [9.17, 15) is 4.79 Å². The average molecular weight is 341 g/mol. The molecule has 0 bridgehead atoms. The number of rotatable bonds is 10. The lowest BCUT2D eigenvalue weighted by Gasteiger charge is -2.05. The van der Waals surface area contributed by atoms with Crippen molar-refractivity contribution in [2.75, 3.05) is 26.4 Å². The first kappa shape index (κ1) is 18.5. The Balaban J connectivity index is 1.84. The van der Waals surface area contributed by atoms with Crippen LogP contribution in [0.4, 0.5) is 0 Å². The minimum atomic E-state index is -0.275. The predicted octanol–water partition coefficient (Wildman–Crippen LogP) is 3.88. The van der Waals surface area contributed by atoms with Gasteiger partial charge in [-0.25, -0.2) is 0 Å². The third-order valence-corrected chi connectivity index (χ3v) is 3.42. The van der Waals surface area contributed by atoms with Crippen LogP contribution in [0.2, 0.25) is 0 Å². The van der Waals surface area contributed by atoms with E-state index in [4.69, 9.17) is 13.9 Å². The number of hydrogen-bond acceptors (Lipinski definition) is 4. The number of amides is 1. The number of nitrogens with one attached hydrogen (secondary N) is 1. The summed E-state index contributed by atoms with van der Waals surface area (Å²) in [7, 11) is 0. The monoisotopic (exact) mass is 341 g/mol. The molecule has 1 aromatic heterocycles. The second-order valence-electron chi connectivity index (χ2n) is 5.23. The van der Waals surface area contributed by atoms with Crippen LogP contribution in [0.3, 0.4) is 0 Å². The third kappa shape index (κ3) is 5.36. The predicted molar refractivity (Wildman–Crippen MR) is 99.0 cm³/mol. The summed E-state index contributed by atoms with van der Waals surface area (Å²) in [6.45, 7) is 11.0. The van der Waals surface area contributed by atoms with Crippen molar-refractivity contribution in [3.05, 3.63) is 67.0 Å². The van der Waals surface area contributed by atoms with Gasteiger partial charge in [0.05, 0.1) is 19.8 Å². The first-order valence-corrected chi connectivity index (χ1v) is 8.14. The van der Waals surface area contributed by atoms with E-state index < -0.39 is 0 Å². The number of carbonyl (C=O) groups is 1. The Bertz CT molecular complexity index is 773. The molecule has 2 rings (SSSR count). The van der Waals surface area contributed by atoms with Crippen LogP contribution in [-0.4, -0.2) is 32.3 Å². The molecular formula is C20H23NO4. The lowest BCUT2D eigenvalue weighted by Crippen LogP contribution is -2.27. The standard InChI is InChI=1S/C20H23NO4/c1-4-7-15(5-2)14-23-11-10-21-20(22)19-13-16-12-17(24-6-3)8-9-18(16)25-19/h4-5,7-9,12-13H,1-2,6,10-11,14H2,3H3,(H,21,22)/b15-7+. The largest absolute Gasteiger partial charge is 0.494 e. The van der Waals surface area contributed by atoms with Crippen LogP contribution in [0.5, 0.6) is 5.75 Å². The second-order valence-corrected chi connectivity index (χ2v) is 5.23. The zero-order chi connectivity index (χ0) is 18.1. The number of hydrogen-bond donors (Lipinski definition) is 1. The van der Waals surface area contributed by atoms with Crippen molar-refractivity contribution in [3.63, 3.8) is 0 Å². The number of allylic oxidation sites excluding steroid dienone is 2. The molecule has 132 valence electrons. The number of carbonyl (C=O) groups excluding carboxylic acids is 1. The molecule has 0 unspecified atom stereocenters. The normalized spacial score (nSPS) is 11.3. The van der Waals surface area contributed by atoms with Crippen LogP contribution in [0.15, 0.2) is 65.6 Å². The summed E-state index contributed by atoms with van der Waals surface area (Å²) in [5.41, 5.74) is 1.58. The van der Waals surface area contributed by atoms with Crippen LogP contribution < -0.4 is 10.1 Å². The van der Waals surface area contributed by atoms with Gasteiger partial charge in [-0.05, 0) is 36.8 Å². The summed E-state index contributed by atoms with van der Waals surface area (Å²) in [6.07, 6.45) is 5.22. The van der Waals surface area contributed by atoms with Crippen molar-refractivity contribution < 1.29 is 18.7 Å².